The third kappa shape index (κ3) is 3.61. The first-order chi connectivity index (χ1) is 10.4. The van der Waals surface area contributed by atoms with Gasteiger partial charge in [-0.2, -0.15) is 0 Å². The molecule has 114 valence electrons. The van der Waals surface area contributed by atoms with Crippen LogP contribution in [0.2, 0.25) is 0 Å². The number of aromatic amines is 1. The molecule has 0 atom stereocenters. The molecule has 0 spiro atoms. The molecule has 1 fully saturated rings. The molecule has 0 aliphatic carbocycles. The number of nitrogens with one attached hydrogen (secondary N) is 1. The van der Waals surface area contributed by atoms with Crippen molar-refractivity contribution >= 4 is 11.0 Å². The molecule has 3 rings (SSSR count). The number of likely N-dealkylation sites (tertiary alicyclic amines) is 1. The first-order valence-corrected chi connectivity index (χ1v) is 7.82. The van der Waals surface area contributed by atoms with Gasteiger partial charge in [-0.1, -0.05) is 0 Å². The van der Waals surface area contributed by atoms with Crippen molar-refractivity contribution in [2.45, 2.75) is 31.9 Å². The van der Waals surface area contributed by atoms with E-state index in [0.717, 1.165) is 51.2 Å². The van der Waals surface area contributed by atoms with Crippen LogP contribution in [0.25, 0.3) is 11.0 Å². The van der Waals surface area contributed by atoms with Crippen molar-refractivity contribution in [3.63, 3.8) is 0 Å². The minimum Gasteiger partial charge on any atom is -0.378 e. The molecule has 0 bridgehead atoms. The SMILES string of the molecule is NCCCOC1CCN(Cc2c[nH]c3ncccc23)CC1. The molecule has 2 aromatic heterocycles. The lowest BCUT2D eigenvalue weighted by Crippen LogP contribution is -2.36. The summed E-state index contributed by atoms with van der Waals surface area (Å²) in [6.07, 6.45) is 7.52. The molecule has 0 saturated carbocycles. The van der Waals surface area contributed by atoms with Crippen molar-refractivity contribution in [1.29, 1.82) is 0 Å². The first kappa shape index (κ1) is 14.5. The van der Waals surface area contributed by atoms with Crippen LogP contribution < -0.4 is 5.73 Å². The van der Waals surface area contributed by atoms with E-state index in [-0.39, 0.29) is 0 Å². The van der Waals surface area contributed by atoms with E-state index in [2.05, 4.69) is 27.1 Å². The molecule has 5 heteroatoms. The second kappa shape index (κ2) is 7.02. The molecule has 0 amide bonds. The van der Waals surface area contributed by atoms with Gasteiger partial charge in [0.15, 0.2) is 0 Å². The summed E-state index contributed by atoms with van der Waals surface area (Å²) in [5, 5.41) is 1.24. The van der Waals surface area contributed by atoms with E-state index in [4.69, 9.17) is 10.5 Å². The van der Waals surface area contributed by atoms with Crippen LogP contribution in [0.3, 0.4) is 0 Å². The number of hydrogen-bond acceptors (Lipinski definition) is 4. The highest BCUT2D eigenvalue weighted by Gasteiger charge is 2.20. The Kier molecular flexibility index (Phi) is 4.85. The number of nitrogens with two attached hydrogens (primary N) is 1. The monoisotopic (exact) mass is 288 g/mol. The van der Waals surface area contributed by atoms with E-state index in [1.165, 1.54) is 10.9 Å². The Hall–Kier alpha value is -1.43. The Bertz CT molecular complexity index is 560. The van der Waals surface area contributed by atoms with Gasteiger partial charge in [-0.15, -0.1) is 0 Å². The standard InChI is InChI=1S/C16H24N4O/c17-6-2-10-21-14-4-8-20(9-5-14)12-13-11-19-16-15(13)3-1-7-18-16/h1,3,7,11,14H,2,4-6,8-10,12,17H2,(H,18,19). The normalized spacial score (nSPS) is 17.6. The Morgan fingerprint density at radius 1 is 1.38 bits per heavy atom. The molecular weight excluding hydrogens is 264 g/mol. The molecule has 1 aliphatic heterocycles. The van der Waals surface area contributed by atoms with Gasteiger partial charge in [-0.05, 0) is 43.5 Å². The Balaban J connectivity index is 1.51. The minimum atomic E-state index is 0.414. The van der Waals surface area contributed by atoms with Gasteiger partial charge in [0.2, 0.25) is 0 Å². The molecule has 0 radical (unpaired) electrons. The smallest absolute Gasteiger partial charge is 0.137 e. The first-order valence-electron chi connectivity index (χ1n) is 7.82. The molecule has 1 saturated heterocycles. The lowest BCUT2D eigenvalue weighted by atomic mass is 10.1. The zero-order valence-electron chi connectivity index (χ0n) is 12.4. The Morgan fingerprint density at radius 2 is 2.24 bits per heavy atom. The number of fused-ring (bicyclic) bond motifs is 1. The second-order valence-corrected chi connectivity index (χ2v) is 5.70. The third-order valence-corrected chi connectivity index (χ3v) is 4.17. The topological polar surface area (TPSA) is 67.2 Å². The number of ether oxygens (including phenoxy) is 1. The largest absolute Gasteiger partial charge is 0.378 e. The van der Waals surface area contributed by atoms with Gasteiger partial charge in [0, 0.05) is 44.0 Å². The average Bonchev–Trinajstić information content (AvgIpc) is 2.93. The molecule has 1 aliphatic rings. The summed E-state index contributed by atoms with van der Waals surface area (Å²) < 4.78 is 5.85. The van der Waals surface area contributed by atoms with Crippen molar-refractivity contribution < 1.29 is 4.74 Å². The van der Waals surface area contributed by atoms with Crippen LogP contribution in [0.5, 0.6) is 0 Å². The number of piperidine rings is 1. The van der Waals surface area contributed by atoms with Gasteiger partial charge >= 0.3 is 0 Å². The van der Waals surface area contributed by atoms with E-state index < -0.39 is 0 Å². The molecule has 5 nitrogen and oxygen atoms in total. The summed E-state index contributed by atoms with van der Waals surface area (Å²) in [5.41, 5.74) is 7.80. The predicted octanol–water partition coefficient (Wildman–Crippen LogP) is 1.89. The number of nitrogens with zero attached hydrogens (tertiary/aromatic N) is 2. The molecule has 3 N–H and O–H groups in total. The summed E-state index contributed by atoms with van der Waals surface area (Å²) >= 11 is 0. The molecule has 2 aromatic rings. The van der Waals surface area contributed by atoms with E-state index in [1.807, 2.05) is 12.3 Å². The van der Waals surface area contributed by atoms with Crippen LogP contribution in [-0.2, 0) is 11.3 Å². The van der Waals surface area contributed by atoms with Crippen LogP contribution in [0.15, 0.2) is 24.5 Å². The minimum absolute atomic E-state index is 0.414. The van der Waals surface area contributed by atoms with Gasteiger partial charge < -0.3 is 15.5 Å². The molecular formula is C16H24N4O. The van der Waals surface area contributed by atoms with Crippen LogP contribution in [0.1, 0.15) is 24.8 Å². The lowest BCUT2D eigenvalue weighted by molar-refractivity contribution is 0.00571. The number of H-pyrrole nitrogens is 1. The van der Waals surface area contributed by atoms with E-state index in [0.29, 0.717) is 12.6 Å². The van der Waals surface area contributed by atoms with Gasteiger partial charge in [-0.3, -0.25) is 4.90 Å². The third-order valence-electron chi connectivity index (χ3n) is 4.17. The summed E-state index contributed by atoms with van der Waals surface area (Å²) in [7, 11) is 0. The summed E-state index contributed by atoms with van der Waals surface area (Å²) in [6, 6.07) is 4.13. The van der Waals surface area contributed by atoms with Crippen LogP contribution in [0.4, 0.5) is 0 Å². The molecule has 0 unspecified atom stereocenters. The number of rotatable bonds is 6. The summed E-state index contributed by atoms with van der Waals surface area (Å²) in [6.45, 7) is 4.70. The average molecular weight is 288 g/mol. The van der Waals surface area contributed by atoms with Crippen molar-refractivity contribution in [1.82, 2.24) is 14.9 Å². The second-order valence-electron chi connectivity index (χ2n) is 5.70. The summed E-state index contributed by atoms with van der Waals surface area (Å²) in [5.74, 6) is 0. The molecule has 3 heterocycles. The van der Waals surface area contributed by atoms with Gasteiger partial charge in [0.05, 0.1) is 6.10 Å². The van der Waals surface area contributed by atoms with Crippen LogP contribution in [-0.4, -0.2) is 47.2 Å². The summed E-state index contributed by atoms with van der Waals surface area (Å²) in [4.78, 5) is 10.1. The molecule has 21 heavy (non-hydrogen) atoms. The number of hydrogen-bond donors (Lipinski definition) is 2. The Labute approximate surface area is 125 Å². The van der Waals surface area contributed by atoms with Crippen LogP contribution in [0, 0.1) is 0 Å². The van der Waals surface area contributed by atoms with E-state index in [1.54, 1.807) is 0 Å². The fourth-order valence-corrected chi connectivity index (χ4v) is 2.95. The fourth-order valence-electron chi connectivity index (χ4n) is 2.95. The highest BCUT2D eigenvalue weighted by molar-refractivity contribution is 5.79. The van der Waals surface area contributed by atoms with Crippen molar-refractivity contribution in [2.75, 3.05) is 26.2 Å². The zero-order chi connectivity index (χ0) is 14.5. The quantitative estimate of drug-likeness (QED) is 0.797. The zero-order valence-corrected chi connectivity index (χ0v) is 12.4. The van der Waals surface area contributed by atoms with Crippen molar-refractivity contribution in [2.24, 2.45) is 5.73 Å². The molecule has 0 aromatic carbocycles. The predicted molar refractivity (Wildman–Crippen MR) is 84.0 cm³/mol. The Morgan fingerprint density at radius 3 is 3.05 bits per heavy atom. The van der Waals surface area contributed by atoms with Gasteiger partial charge in [0.25, 0.3) is 0 Å². The fraction of sp³-hybridized carbons (Fsp3) is 0.562. The van der Waals surface area contributed by atoms with E-state index >= 15 is 0 Å². The maximum atomic E-state index is 5.85. The number of pyridine rings is 1. The lowest BCUT2D eigenvalue weighted by Gasteiger charge is -2.31. The maximum absolute atomic E-state index is 5.85. The maximum Gasteiger partial charge on any atom is 0.137 e. The van der Waals surface area contributed by atoms with Crippen molar-refractivity contribution in [3.05, 3.63) is 30.1 Å². The number of aromatic nitrogens is 2. The van der Waals surface area contributed by atoms with Gasteiger partial charge in [-0.25, -0.2) is 4.98 Å². The van der Waals surface area contributed by atoms with Crippen LogP contribution >= 0.6 is 0 Å². The van der Waals surface area contributed by atoms with Crippen molar-refractivity contribution in [3.8, 4) is 0 Å². The highest BCUT2D eigenvalue weighted by atomic mass is 16.5. The highest BCUT2D eigenvalue weighted by Crippen LogP contribution is 2.21. The van der Waals surface area contributed by atoms with Gasteiger partial charge in [0.1, 0.15) is 5.65 Å². The van der Waals surface area contributed by atoms with E-state index in [9.17, 15) is 0 Å².